The van der Waals surface area contributed by atoms with Gasteiger partial charge in [-0.2, -0.15) is 11.8 Å². The molecule has 47 heavy (non-hydrogen) atoms. The molecule has 0 aromatic heterocycles. The number of nitrogens with zero attached hydrogens (tertiary/aromatic N) is 2. The van der Waals surface area contributed by atoms with E-state index in [1.807, 2.05) is 6.07 Å². The van der Waals surface area contributed by atoms with Crippen molar-refractivity contribution < 1.29 is 9.53 Å². The highest BCUT2D eigenvalue weighted by atomic mass is 35.5. The third kappa shape index (κ3) is 4.94. The van der Waals surface area contributed by atoms with Gasteiger partial charge in [-0.25, -0.2) is 4.79 Å². The van der Waals surface area contributed by atoms with Crippen molar-refractivity contribution in [1.29, 1.82) is 0 Å². The number of fused-ring (bicyclic) bond motifs is 8. The minimum absolute atomic E-state index is 0.131. The number of likely N-dealkylation sites (N-methyl/N-ethyl adjacent to an activating group) is 1. The van der Waals surface area contributed by atoms with Crippen molar-refractivity contribution in [1.82, 2.24) is 0 Å². The number of esters is 1. The Kier molecular flexibility index (Phi) is 8.38. The molecule has 1 spiro atoms. The number of halogens is 2. The molecule has 0 fully saturated rings. The summed E-state index contributed by atoms with van der Waals surface area (Å²) in [6.07, 6.45) is 8.22. The normalized spacial score (nSPS) is 23.5. The van der Waals surface area contributed by atoms with Crippen LogP contribution in [0.2, 0.25) is 22.6 Å². The van der Waals surface area contributed by atoms with Crippen LogP contribution >= 0.6 is 35.0 Å². The predicted octanol–water partition coefficient (Wildman–Crippen LogP) is 8.90. The van der Waals surface area contributed by atoms with Gasteiger partial charge in [0, 0.05) is 59.3 Å². The van der Waals surface area contributed by atoms with E-state index in [4.69, 9.17) is 27.9 Å². The van der Waals surface area contributed by atoms with Crippen molar-refractivity contribution in [3.8, 4) is 0 Å². The van der Waals surface area contributed by atoms with E-state index in [0.717, 1.165) is 42.3 Å². The van der Waals surface area contributed by atoms with Crippen molar-refractivity contribution >= 4 is 76.3 Å². The highest BCUT2D eigenvalue weighted by Crippen LogP contribution is 2.55. The zero-order chi connectivity index (χ0) is 33.5. The Bertz CT molecular complexity index is 1840. The molecule has 0 radical (unpaired) electrons. The molecule has 0 saturated carbocycles. The zero-order valence-electron chi connectivity index (χ0n) is 28.8. The minimum Gasteiger partial charge on any atom is -0.440 e. The van der Waals surface area contributed by atoms with Crippen LogP contribution in [0.5, 0.6) is 0 Å². The molecule has 0 N–H and O–H groups in total. The number of rotatable bonds is 7. The molecular weight excluding hydrogens is 659 g/mol. The summed E-state index contributed by atoms with van der Waals surface area (Å²) in [6, 6.07) is 14.3. The van der Waals surface area contributed by atoms with Gasteiger partial charge in [-0.3, -0.25) is 0 Å². The van der Waals surface area contributed by atoms with Crippen LogP contribution in [0.1, 0.15) is 91.6 Å². The number of thioether (sulfide) groups is 1. The van der Waals surface area contributed by atoms with Gasteiger partial charge in [-0.1, -0.05) is 55.6 Å². The van der Waals surface area contributed by atoms with E-state index in [0.29, 0.717) is 21.2 Å². The highest BCUT2D eigenvalue weighted by molar-refractivity contribution is 7.99. The number of hydrogen-bond donors (Lipinski definition) is 0. The van der Waals surface area contributed by atoms with E-state index in [9.17, 15) is 4.79 Å². The molecule has 7 rings (SSSR count). The van der Waals surface area contributed by atoms with Gasteiger partial charge in [-0.15, -0.1) is 0 Å². The smallest absolute Gasteiger partial charge is 0.341 e. The Balaban J connectivity index is 1.56. The number of unbranched alkanes of at least 4 members (excludes halogenated alkanes) is 2. The lowest BCUT2D eigenvalue weighted by Gasteiger charge is -2.48. The van der Waals surface area contributed by atoms with Crippen molar-refractivity contribution in [2.75, 3.05) is 41.9 Å². The minimum atomic E-state index is -2.42. The molecule has 4 nitrogen and oxygen atoms in total. The molecular formula is C39H46Cl2N2O2SSi. The van der Waals surface area contributed by atoms with E-state index < -0.39 is 19.6 Å². The van der Waals surface area contributed by atoms with Crippen molar-refractivity contribution in [2.45, 2.75) is 83.5 Å². The molecule has 0 aliphatic carbocycles. The molecule has 2 unspecified atom stereocenters. The second-order valence-electron chi connectivity index (χ2n) is 14.8. The second-order valence-corrected chi connectivity index (χ2v) is 21.0. The lowest BCUT2D eigenvalue weighted by molar-refractivity contribution is 0.0255. The van der Waals surface area contributed by atoms with E-state index in [-0.39, 0.29) is 5.54 Å². The summed E-state index contributed by atoms with van der Waals surface area (Å²) in [4.78, 5) is 18.9. The van der Waals surface area contributed by atoms with Crippen LogP contribution in [0.25, 0.3) is 5.57 Å². The Morgan fingerprint density at radius 1 is 0.979 bits per heavy atom. The van der Waals surface area contributed by atoms with E-state index in [1.165, 1.54) is 63.5 Å². The van der Waals surface area contributed by atoms with Gasteiger partial charge in [0.1, 0.15) is 8.07 Å². The number of carbonyl (C=O) groups is 1. The molecule has 0 bridgehead atoms. The predicted molar refractivity (Wildman–Crippen MR) is 205 cm³/mol. The lowest BCUT2D eigenvalue weighted by atomic mass is 9.76. The zero-order valence-corrected chi connectivity index (χ0v) is 32.1. The average molecular weight is 706 g/mol. The maximum atomic E-state index is 14.0. The summed E-state index contributed by atoms with van der Waals surface area (Å²) in [5, 5.41) is 3.59. The summed E-state index contributed by atoms with van der Waals surface area (Å²) in [6.45, 7) is 12.6. The van der Waals surface area contributed by atoms with Gasteiger partial charge in [-0.05, 0) is 115 Å². The standard InChI is InChI=1S/C39H46Cl2N2O2SSi/c1-8-9-10-16-46-17-18-47(7)33-21-31-25(12-11-15-42(31)5)19-27(33)39(36-30(41)14-13-29(40)35(36)37(44)45-39)28-20-26-24(2)23-38(3,4)43(6)32(26)22-34(28)47/h13-14,19-23H,8-12,15-18H2,1-7H3. The van der Waals surface area contributed by atoms with Crippen LogP contribution in [0, 0.1) is 0 Å². The lowest BCUT2D eigenvalue weighted by Crippen LogP contribution is -2.65. The van der Waals surface area contributed by atoms with Crippen LogP contribution in [-0.2, 0) is 16.8 Å². The van der Waals surface area contributed by atoms with Gasteiger partial charge < -0.3 is 14.5 Å². The van der Waals surface area contributed by atoms with Gasteiger partial charge in [0.2, 0.25) is 0 Å². The van der Waals surface area contributed by atoms with Gasteiger partial charge in [0.25, 0.3) is 0 Å². The highest BCUT2D eigenvalue weighted by Gasteiger charge is 2.59. The third-order valence-electron chi connectivity index (χ3n) is 11.4. The molecule has 4 aliphatic heterocycles. The Labute approximate surface area is 295 Å². The average Bonchev–Trinajstić information content (AvgIpc) is 3.36. The molecule has 4 aliphatic rings. The van der Waals surface area contributed by atoms with E-state index in [2.05, 4.69) is 100 Å². The number of ether oxygens (including phenoxy) is 1. The fraction of sp³-hybridized carbons (Fsp3) is 0.462. The summed E-state index contributed by atoms with van der Waals surface area (Å²) >= 11 is 16.1. The first-order valence-electron chi connectivity index (χ1n) is 17.2. The number of carbonyl (C=O) groups excluding carboxylic acids is 1. The van der Waals surface area contributed by atoms with Crippen molar-refractivity contribution in [3.05, 3.63) is 85.9 Å². The maximum Gasteiger partial charge on any atom is 0.341 e. The van der Waals surface area contributed by atoms with Crippen molar-refractivity contribution in [2.24, 2.45) is 0 Å². The molecule has 0 amide bonds. The first kappa shape index (κ1) is 33.1. The molecule has 8 heteroatoms. The fourth-order valence-corrected chi connectivity index (χ4v) is 15.4. The number of hydrogen-bond acceptors (Lipinski definition) is 5. The summed E-state index contributed by atoms with van der Waals surface area (Å²) < 4.78 is 6.81. The molecule has 4 heterocycles. The summed E-state index contributed by atoms with van der Waals surface area (Å²) in [7, 11) is 1.99. The summed E-state index contributed by atoms with van der Waals surface area (Å²) in [5.41, 5.74) is 8.20. The second kappa shape index (κ2) is 11.9. The molecule has 3 aromatic carbocycles. The fourth-order valence-electron chi connectivity index (χ4n) is 8.62. The van der Waals surface area contributed by atoms with E-state index >= 15 is 0 Å². The first-order chi connectivity index (χ1) is 22.3. The summed E-state index contributed by atoms with van der Waals surface area (Å²) in [5.74, 6) is 1.89. The van der Waals surface area contributed by atoms with Crippen LogP contribution in [-0.4, -0.2) is 51.7 Å². The van der Waals surface area contributed by atoms with Crippen LogP contribution < -0.4 is 20.2 Å². The largest absolute Gasteiger partial charge is 0.440 e. The van der Waals surface area contributed by atoms with Crippen LogP contribution in [0.15, 0.2) is 42.5 Å². The number of anilines is 2. The number of benzene rings is 3. The molecule has 2 atom stereocenters. The molecule has 248 valence electrons. The Morgan fingerprint density at radius 2 is 1.68 bits per heavy atom. The number of allylic oxidation sites excluding steroid dienone is 1. The topological polar surface area (TPSA) is 32.8 Å². The van der Waals surface area contributed by atoms with E-state index in [1.54, 1.807) is 6.07 Å². The molecule has 0 saturated heterocycles. The van der Waals surface area contributed by atoms with Crippen LogP contribution in [0.4, 0.5) is 11.4 Å². The SMILES string of the molecule is CCCCCSCC[Si]1(C)c2cc3c(cc2C2(OC(=O)c4c(Cl)ccc(Cl)c42)c2cc4c(cc21)N(C)C(C)(C)C=C4C)CCCN3C. The monoisotopic (exact) mass is 704 g/mol. The first-order valence-corrected chi connectivity index (χ1v) is 21.8. The third-order valence-corrected chi connectivity index (χ3v) is 17.9. The number of aryl methyl sites for hydroxylation is 1. The quantitative estimate of drug-likeness (QED) is 0.139. The van der Waals surface area contributed by atoms with Crippen LogP contribution in [0.3, 0.4) is 0 Å². The molecule has 3 aromatic rings. The van der Waals surface area contributed by atoms with Crippen molar-refractivity contribution in [3.63, 3.8) is 0 Å². The Morgan fingerprint density at radius 3 is 2.43 bits per heavy atom. The maximum absolute atomic E-state index is 14.0. The van der Waals surface area contributed by atoms with Gasteiger partial charge in [0.15, 0.2) is 5.60 Å². The van der Waals surface area contributed by atoms with Gasteiger partial charge in [0.05, 0.1) is 16.1 Å². The van der Waals surface area contributed by atoms with Gasteiger partial charge >= 0.3 is 5.97 Å². The Hall–Kier alpha value is -2.38.